The van der Waals surface area contributed by atoms with Crippen molar-refractivity contribution in [3.63, 3.8) is 0 Å². The van der Waals surface area contributed by atoms with Gasteiger partial charge in [-0.1, -0.05) is 35.0 Å². The van der Waals surface area contributed by atoms with Gasteiger partial charge in [-0.05, 0) is 36.4 Å². The van der Waals surface area contributed by atoms with Crippen LogP contribution in [0.3, 0.4) is 0 Å². The molecule has 1 N–H and O–H groups in total. The molecule has 200 valence electrons. The fourth-order valence-electron chi connectivity index (χ4n) is 3.67. The Labute approximate surface area is 229 Å². The van der Waals surface area contributed by atoms with Gasteiger partial charge < -0.3 is 14.8 Å². The van der Waals surface area contributed by atoms with Crippen LogP contribution in [0, 0.1) is 15.9 Å². The molecule has 0 radical (unpaired) electrons. The number of fused-ring (bicyclic) bond motifs is 1. The standard InChI is InChI=1S/C26H21BrFN5O6/c1-3-23-30-19-9-8-16(27)12-17(19)26(35)32(23)29-13-15-10-21(33(36)37)25(22(11-15)38-2)39-14-24(34)31-20-7-5-4-6-18(20)28/h4-13H,3,14H2,1-2H3,(H,31,34). The molecule has 0 aliphatic heterocycles. The van der Waals surface area contributed by atoms with Crippen molar-refractivity contribution in [2.75, 3.05) is 19.0 Å². The molecule has 0 aliphatic rings. The first-order chi connectivity index (χ1) is 18.7. The molecule has 0 spiro atoms. The predicted molar refractivity (Wildman–Crippen MR) is 146 cm³/mol. The van der Waals surface area contributed by atoms with Crippen LogP contribution in [0.15, 0.2) is 69.0 Å². The van der Waals surface area contributed by atoms with Crippen molar-refractivity contribution in [3.05, 3.63) is 96.7 Å². The van der Waals surface area contributed by atoms with E-state index < -0.39 is 34.5 Å². The molecule has 11 nitrogen and oxygen atoms in total. The normalized spacial score (nSPS) is 11.1. The molecule has 0 saturated carbocycles. The molecule has 0 unspecified atom stereocenters. The van der Waals surface area contributed by atoms with Gasteiger partial charge in [-0.15, -0.1) is 0 Å². The molecular formula is C26H21BrFN5O6. The highest BCUT2D eigenvalue weighted by Gasteiger charge is 2.23. The Bertz CT molecular complexity index is 1670. The molecule has 3 aromatic carbocycles. The number of anilines is 1. The summed E-state index contributed by atoms with van der Waals surface area (Å²) in [7, 11) is 1.27. The Hall–Kier alpha value is -4.65. The number of carbonyl (C=O) groups excluding carboxylic acids is 1. The van der Waals surface area contributed by atoms with Crippen LogP contribution in [0.5, 0.6) is 11.5 Å². The molecule has 1 amide bonds. The number of benzene rings is 3. The number of amides is 1. The first-order valence-electron chi connectivity index (χ1n) is 11.5. The van der Waals surface area contributed by atoms with E-state index in [2.05, 4.69) is 31.3 Å². The first-order valence-corrected chi connectivity index (χ1v) is 12.3. The summed E-state index contributed by atoms with van der Waals surface area (Å²) >= 11 is 3.34. The number of nitro benzene ring substituents is 1. The van der Waals surface area contributed by atoms with E-state index in [0.717, 1.165) is 10.7 Å². The molecular weight excluding hydrogens is 577 g/mol. The monoisotopic (exact) mass is 597 g/mol. The van der Waals surface area contributed by atoms with Gasteiger partial charge in [0, 0.05) is 22.5 Å². The van der Waals surface area contributed by atoms with E-state index in [4.69, 9.17) is 9.47 Å². The second-order valence-corrected chi connectivity index (χ2v) is 8.97. The lowest BCUT2D eigenvalue weighted by molar-refractivity contribution is -0.385. The van der Waals surface area contributed by atoms with Crippen molar-refractivity contribution in [3.8, 4) is 11.5 Å². The third-order valence-corrected chi connectivity index (χ3v) is 5.98. The van der Waals surface area contributed by atoms with E-state index in [9.17, 15) is 24.1 Å². The highest BCUT2D eigenvalue weighted by molar-refractivity contribution is 9.10. The van der Waals surface area contributed by atoms with Gasteiger partial charge in [-0.25, -0.2) is 9.37 Å². The van der Waals surface area contributed by atoms with Crippen LogP contribution in [0.25, 0.3) is 10.9 Å². The number of methoxy groups -OCH3 is 1. The third-order valence-electron chi connectivity index (χ3n) is 5.48. The van der Waals surface area contributed by atoms with E-state index >= 15 is 0 Å². The van der Waals surface area contributed by atoms with Crippen LogP contribution in [-0.4, -0.2) is 40.4 Å². The average molecular weight is 598 g/mol. The van der Waals surface area contributed by atoms with Gasteiger partial charge in [0.2, 0.25) is 5.75 Å². The maximum atomic E-state index is 13.8. The molecule has 4 rings (SSSR count). The number of nitrogens with zero attached hydrogens (tertiary/aromatic N) is 4. The minimum absolute atomic E-state index is 0.0482. The van der Waals surface area contributed by atoms with Crippen molar-refractivity contribution in [2.24, 2.45) is 5.10 Å². The van der Waals surface area contributed by atoms with Gasteiger partial charge in [-0.2, -0.15) is 9.78 Å². The van der Waals surface area contributed by atoms with Crippen molar-refractivity contribution < 1.29 is 23.6 Å². The smallest absolute Gasteiger partial charge is 0.315 e. The number of halogens is 2. The Balaban J connectivity index is 1.65. The summed E-state index contributed by atoms with van der Waals surface area (Å²) in [4.78, 5) is 41.0. The van der Waals surface area contributed by atoms with Crippen LogP contribution in [0.1, 0.15) is 18.3 Å². The van der Waals surface area contributed by atoms with Crippen LogP contribution in [0.2, 0.25) is 0 Å². The number of hydrogen-bond donors (Lipinski definition) is 1. The number of nitro groups is 1. The number of para-hydroxylation sites is 1. The summed E-state index contributed by atoms with van der Waals surface area (Å²) in [6.07, 6.45) is 1.67. The summed E-state index contributed by atoms with van der Waals surface area (Å²) in [5.41, 5.74) is -0.222. The van der Waals surface area contributed by atoms with E-state index in [0.29, 0.717) is 27.6 Å². The second kappa shape index (κ2) is 11.8. The van der Waals surface area contributed by atoms with Crippen LogP contribution < -0.4 is 20.3 Å². The Morgan fingerprint density at radius 3 is 2.72 bits per heavy atom. The summed E-state index contributed by atoms with van der Waals surface area (Å²) in [5.74, 6) is -1.32. The molecule has 0 aliphatic carbocycles. The van der Waals surface area contributed by atoms with Gasteiger partial charge in [0.25, 0.3) is 11.5 Å². The summed E-state index contributed by atoms with van der Waals surface area (Å²) in [6.45, 7) is 1.17. The fraction of sp³-hybridized carbons (Fsp3) is 0.154. The lowest BCUT2D eigenvalue weighted by Gasteiger charge is -2.12. The SMILES string of the molecule is CCc1nc2ccc(Br)cc2c(=O)n1N=Cc1cc(OC)c(OCC(=O)Nc2ccccc2F)c([N+](=O)[O-])c1. The van der Waals surface area contributed by atoms with E-state index in [1.54, 1.807) is 18.2 Å². The maximum absolute atomic E-state index is 13.8. The molecule has 0 saturated heterocycles. The number of hydrogen-bond acceptors (Lipinski definition) is 8. The zero-order valence-electron chi connectivity index (χ0n) is 20.7. The Kier molecular flexibility index (Phi) is 8.30. The van der Waals surface area contributed by atoms with Gasteiger partial charge in [-0.3, -0.25) is 19.7 Å². The summed E-state index contributed by atoms with van der Waals surface area (Å²) in [5, 5.41) is 18.8. The number of ether oxygens (including phenoxy) is 2. The molecule has 0 fully saturated rings. The van der Waals surface area contributed by atoms with Crippen LogP contribution in [0.4, 0.5) is 15.8 Å². The van der Waals surface area contributed by atoms with Crippen molar-refractivity contribution >= 4 is 50.3 Å². The third kappa shape index (κ3) is 6.09. The van der Waals surface area contributed by atoms with Gasteiger partial charge in [0.15, 0.2) is 12.4 Å². The average Bonchev–Trinajstić information content (AvgIpc) is 2.92. The van der Waals surface area contributed by atoms with Gasteiger partial charge >= 0.3 is 5.69 Å². The van der Waals surface area contributed by atoms with E-state index in [1.807, 2.05) is 6.92 Å². The molecule has 1 aromatic heterocycles. The van der Waals surface area contributed by atoms with E-state index in [-0.39, 0.29) is 22.7 Å². The Morgan fingerprint density at radius 1 is 1.26 bits per heavy atom. The molecule has 4 aromatic rings. The van der Waals surface area contributed by atoms with Crippen molar-refractivity contribution in [2.45, 2.75) is 13.3 Å². The number of aryl methyl sites for hydroxylation is 1. The summed E-state index contributed by atoms with van der Waals surface area (Å²) in [6, 6.07) is 13.3. The van der Waals surface area contributed by atoms with Crippen LogP contribution in [-0.2, 0) is 11.2 Å². The summed E-state index contributed by atoms with van der Waals surface area (Å²) < 4.78 is 26.3. The molecule has 39 heavy (non-hydrogen) atoms. The number of nitrogens with one attached hydrogen (secondary N) is 1. The Morgan fingerprint density at radius 2 is 2.03 bits per heavy atom. The number of carbonyl (C=O) groups is 1. The minimum Gasteiger partial charge on any atom is -0.493 e. The van der Waals surface area contributed by atoms with Gasteiger partial charge in [0.05, 0.1) is 34.8 Å². The van der Waals surface area contributed by atoms with E-state index in [1.165, 1.54) is 43.7 Å². The molecule has 0 atom stereocenters. The largest absolute Gasteiger partial charge is 0.493 e. The second-order valence-electron chi connectivity index (χ2n) is 8.05. The quantitative estimate of drug-likeness (QED) is 0.168. The lowest BCUT2D eigenvalue weighted by atomic mass is 10.2. The zero-order valence-corrected chi connectivity index (χ0v) is 22.3. The van der Waals surface area contributed by atoms with Crippen molar-refractivity contribution in [1.82, 2.24) is 9.66 Å². The predicted octanol–water partition coefficient (Wildman–Crippen LogP) is 4.68. The van der Waals surface area contributed by atoms with Crippen molar-refractivity contribution in [1.29, 1.82) is 0 Å². The fourth-order valence-corrected chi connectivity index (χ4v) is 4.03. The van der Waals surface area contributed by atoms with Crippen LogP contribution >= 0.6 is 15.9 Å². The number of rotatable bonds is 9. The maximum Gasteiger partial charge on any atom is 0.315 e. The number of aromatic nitrogens is 2. The highest BCUT2D eigenvalue weighted by atomic mass is 79.9. The zero-order chi connectivity index (χ0) is 28.1. The molecule has 0 bridgehead atoms. The molecule has 1 heterocycles. The molecule has 13 heteroatoms. The topological polar surface area (TPSA) is 138 Å². The first kappa shape index (κ1) is 27.4. The van der Waals surface area contributed by atoms with Gasteiger partial charge in [0.1, 0.15) is 11.6 Å². The lowest BCUT2D eigenvalue weighted by Crippen LogP contribution is -2.22. The minimum atomic E-state index is -0.732. The highest BCUT2D eigenvalue weighted by Crippen LogP contribution is 2.38.